The molecule has 0 aliphatic heterocycles. The molecule has 2 atom stereocenters. The number of allylic oxidation sites excluding steroid dienone is 2. The highest BCUT2D eigenvalue weighted by atomic mass is 16.5. The molecule has 0 radical (unpaired) electrons. The summed E-state index contributed by atoms with van der Waals surface area (Å²) >= 11 is 0. The van der Waals surface area contributed by atoms with Crippen LogP contribution in [0.5, 0.6) is 23.0 Å². The molecule has 0 heterocycles. The molecule has 0 aromatic heterocycles. The van der Waals surface area contributed by atoms with E-state index in [2.05, 4.69) is 19.7 Å². The number of aliphatic hydroxyl groups excluding tert-OH is 2. The van der Waals surface area contributed by atoms with E-state index in [0.29, 0.717) is 46.4 Å². The van der Waals surface area contributed by atoms with Crippen LogP contribution in [0.3, 0.4) is 0 Å². The molecular formula is C35H34O6. The third-order valence-corrected chi connectivity index (χ3v) is 6.84. The molecule has 6 heteroatoms. The second kappa shape index (κ2) is 13.0. The Kier molecular flexibility index (Phi) is 9.30. The molecule has 210 valence electrons. The Bertz CT molecular complexity index is 1570. The molecule has 0 saturated carbocycles. The Hall–Kier alpha value is -4.78. The Balaban J connectivity index is 1.60. The number of rotatable bonds is 12. The first-order chi connectivity index (χ1) is 19.7. The van der Waals surface area contributed by atoms with Gasteiger partial charge in [-0.05, 0) is 83.6 Å². The van der Waals surface area contributed by atoms with Crippen molar-refractivity contribution in [2.75, 3.05) is 6.61 Å². The summed E-state index contributed by atoms with van der Waals surface area (Å²) in [4.78, 5) is 0. The van der Waals surface area contributed by atoms with E-state index < -0.39 is 12.2 Å². The van der Waals surface area contributed by atoms with Gasteiger partial charge in [0.05, 0.1) is 0 Å². The summed E-state index contributed by atoms with van der Waals surface area (Å²) in [6.45, 7) is 11.1. The number of aliphatic hydroxyl groups is 2. The van der Waals surface area contributed by atoms with Crippen LogP contribution in [0.4, 0.5) is 0 Å². The molecular weight excluding hydrogens is 516 g/mol. The summed E-state index contributed by atoms with van der Waals surface area (Å²) in [7, 11) is 0. The van der Waals surface area contributed by atoms with E-state index in [9.17, 15) is 25.5 Å². The topological polar surface area (TPSA) is 110 Å². The quantitative estimate of drug-likeness (QED) is 0.125. The van der Waals surface area contributed by atoms with Crippen molar-refractivity contribution in [1.82, 2.24) is 0 Å². The van der Waals surface area contributed by atoms with Crippen molar-refractivity contribution in [3.63, 3.8) is 0 Å². The zero-order chi connectivity index (χ0) is 29.5. The minimum absolute atomic E-state index is 0.0279. The predicted octanol–water partition coefficient (Wildman–Crippen LogP) is 6.71. The number of ether oxygens (including phenoxy) is 1. The minimum atomic E-state index is -1.35. The van der Waals surface area contributed by atoms with Crippen LogP contribution in [0.1, 0.15) is 28.4 Å². The fraction of sp³-hybridized carbons (Fsp3) is 0.143. The van der Waals surface area contributed by atoms with Crippen LogP contribution in [0.25, 0.3) is 28.3 Å². The molecule has 0 amide bonds. The SMILES string of the molecule is C=CCc1ccc(O)c(-c2cc(C(O)C(O)COc3ccc(CC=C)cc3-c3cc(C=C)ccc3O)ccc2O)c1. The molecule has 0 bridgehead atoms. The molecule has 0 aliphatic rings. The van der Waals surface area contributed by atoms with Gasteiger partial charge < -0.3 is 30.3 Å². The van der Waals surface area contributed by atoms with Gasteiger partial charge in [0, 0.05) is 22.3 Å². The second-order valence-corrected chi connectivity index (χ2v) is 9.75. The number of phenolic OH excluding ortho intramolecular Hbond substituents is 3. The maximum absolute atomic E-state index is 11.0. The van der Waals surface area contributed by atoms with Gasteiger partial charge in [-0.15, -0.1) is 13.2 Å². The van der Waals surface area contributed by atoms with Gasteiger partial charge in [-0.3, -0.25) is 0 Å². The first-order valence-electron chi connectivity index (χ1n) is 13.2. The standard InChI is InChI=1S/C35H34O6/c1-4-7-23-10-14-30(36)26(18-23)28-20-25(12-15-32(28)38)35(40)33(39)21-41-34-16-11-24(8-5-2)19-29(34)27-17-22(6-3)9-13-31(27)37/h4-6,9-20,33,35-40H,1-3,7-8,21H2. The molecule has 4 aromatic carbocycles. The Morgan fingerprint density at radius 2 is 1.17 bits per heavy atom. The van der Waals surface area contributed by atoms with E-state index in [1.165, 1.54) is 18.2 Å². The highest BCUT2D eigenvalue weighted by Gasteiger charge is 2.22. The van der Waals surface area contributed by atoms with Crippen LogP contribution in [0, 0.1) is 0 Å². The molecule has 0 aliphatic carbocycles. The lowest BCUT2D eigenvalue weighted by Crippen LogP contribution is -2.25. The lowest BCUT2D eigenvalue weighted by molar-refractivity contribution is -0.00888. The Labute approximate surface area is 240 Å². The molecule has 6 nitrogen and oxygen atoms in total. The van der Waals surface area contributed by atoms with Gasteiger partial charge >= 0.3 is 0 Å². The van der Waals surface area contributed by atoms with Crippen molar-refractivity contribution in [2.24, 2.45) is 0 Å². The number of aromatic hydroxyl groups is 3. The molecule has 0 fully saturated rings. The van der Waals surface area contributed by atoms with Crippen molar-refractivity contribution in [3.8, 4) is 45.3 Å². The van der Waals surface area contributed by atoms with Gasteiger partial charge in [0.25, 0.3) is 0 Å². The van der Waals surface area contributed by atoms with Crippen molar-refractivity contribution < 1.29 is 30.3 Å². The second-order valence-electron chi connectivity index (χ2n) is 9.75. The monoisotopic (exact) mass is 550 g/mol. The fourth-order valence-electron chi connectivity index (χ4n) is 4.64. The van der Waals surface area contributed by atoms with E-state index in [-0.39, 0.29) is 23.9 Å². The first kappa shape index (κ1) is 29.2. The first-order valence-corrected chi connectivity index (χ1v) is 13.2. The average Bonchev–Trinajstić information content (AvgIpc) is 2.98. The summed E-state index contributed by atoms with van der Waals surface area (Å²) in [6, 6.07) is 20.2. The summed E-state index contributed by atoms with van der Waals surface area (Å²) in [5, 5.41) is 53.5. The summed E-state index contributed by atoms with van der Waals surface area (Å²) in [6.07, 6.45) is 3.71. The van der Waals surface area contributed by atoms with E-state index in [1.807, 2.05) is 12.1 Å². The van der Waals surface area contributed by atoms with Crippen LogP contribution in [0.2, 0.25) is 0 Å². The van der Waals surface area contributed by atoms with Crippen LogP contribution >= 0.6 is 0 Å². The Morgan fingerprint density at radius 3 is 1.80 bits per heavy atom. The van der Waals surface area contributed by atoms with Gasteiger partial charge in [0.15, 0.2) is 0 Å². The lowest BCUT2D eigenvalue weighted by Gasteiger charge is -2.21. The predicted molar refractivity (Wildman–Crippen MR) is 163 cm³/mol. The third kappa shape index (κ3) is 6.69. The molecule has 0 saturated heterocycles. The van der Waals surface area contributed by atoms with Crippen LogP contribution in [0.15, 0.2) is 105 Å². The van der Waals surface area contributed by atoms with E-state index >= 15 is 0 Å². The van der Waals surface area contributed by atoms with Gasteiger partial charge in [-0.1, -0.05) is 49.1 Å². The van der Waals surface area contributed by atoms with Crippen molar-refractivity contribution in [1.29, 1.82) is 0 Å². The van der Waals surface area contributed by atoms with E-state index in [4.69, 9.17) is 4.74 Å². The van der Waals surface area contributed by atoms with Gasteiger partial charge in [-0.25, -0.2) is 0 Å². The highest BCUT2D eigenvalue weighted by molar-refractivity contribution is 5.78. The third-order valence-electron chi connectivity index (χ3n) is 6.84. The number of hydrogen-bond donors (Lipinski definition) is 5. The summed E-state index contributed by atoms with van der Waals surface area (Å²) < 4.78 is 5.99. The van der Waals surface area contributed by atoms with Crippen molar-refractivity contribution in [3.05, 3.63) is 127 Å². The largest absolute Gasteiger partial charge is 0.507 e. The zero-order valence-corrected chi connectivity index (χ0v) is 22.7. The van der Waals surface area contributed by atoms with E-state index in [0.717, 1.165) is 16.7 Å². The molecule has 0 spiro atoms. The number of benzene rings is 4. The summed E-state index contributed by atoms with van der Waals surface area (Å²) in [5.41, 5.74) is 4.88. The minimum Gasteiger partial charge on any atom is -0.507 e. The summed E-state index contributed by atoms with van der Waals surface area (Å²) in [5.74, 6) is 0.369. The maximum Gasteiger partial charge on any atom is 0.127 e. The van der Waals surface area contributed by atoms with Crippen molar-refractivity contribution >= 4 is 6.08 Å². The fourth-order valence-corrected chi connectivity index (χ4v) is 4.64. The molecule has 5 N–H and O–H groups in total. The van der Waals surface area contributed by atoms with Gasteiger partial charge in [0.1, 0.15) is 41.8 Å². The normalized spacial score (nSPS) is 12.3. The molecule has 4 rings (SSSR count). The zero-order valence-electron chi connectivity index (χ0n) is 22.7. The lowest BCUT2D eigenvalue weighted by atomic mass is 9.95. The number of hydrogen-bond acceptors (Lipinski definition) is 6. The van der Waals surface area contributed by atoms with Crippen molar-refractivity contribution in [2.45, 2.75) is 25.0 Å². The molecule has 41 heavy (non-hydrogen) atoms. The maximum atomic E-state index is 11.0. The molecule has 2 unspecified atom stereocenters. The van der Waals surface area contributed by atoms with Crippen LogP contribution in [-0.2, 0) is 12.8 Å². The highest BCUT2D eigenvalue weighted by Crippen LogP contribution is 2.40. The van der Waals surface area contributed by atoms with Gasteiger partial charge in [0.2, 0.25) is 0 Å². The van der Waals surface area contributed by atoms with Gasteiger partial charge in [-0.2, -0.15) is 0 Å². The Morgan fingerprint density at radius 1 is 0.634 bits per heavy atom. The van der Waals surface area contributed by atoms with Crippen LogP contribution < -0.4 is 4.74 Å². The number of phenols is 3. The smallest absolute Gasteiger partial charge is 0.127 e. The van der Waals surface area contributed by atoms with Crippen LogP contribution in [-0.4, -0.2) is 38.2 Å². The average molecular weight is 551 g/mol. The molecule has 4 aromatic rings. The van der Waals surface area contributed by atoms with E-state index in [1.54, 1.807) is 60.7 Å².